The Morgan fingerprint density at radius 1 is 1.21 bits per heavy atom. The van der Waals surface area contributed by atoms with Gasteiger partial charge in [-0.25, -0.2) is 4.98 Å². The normalized spacial score (nSPS) is 14.9. The number of benzene rings is 1. The molecular weight excluding hydrogens is 452 g/mol. The van der Waals surface area contributed by atoms with Crippen LogP contribution >= 0.6 is 11.6 Å². The summed E-state index contributed by atoms with van der Waals surface area (Å²) >= 11 is 6.41. The molecule has 0 aliphatic carbocycles. The van der Waals surface area contributed by atoms with Crippen molar-refractivity contribution in [3.8, 4) is 0 Å². The second-order valence-corrected chi connectivity index (χ2v) is 9.11. The number of pyridine rings is 1. The highest BCUT2D eigenvalue weighted by Crippen LogP contribution is 2.29. The van der Waals surface area contributed by atoms with Crippen LogP contribution in [0.25, 0.3) is 10.9 Å². The maximum absolute atomic E-state index is 13.3. The Morgan fingerprint density at radius 3 is 2.76 bits per heavy atom. The number of fused-ring (bicyclic) bond motifs is 2. The molecule has 9 heteroatoms. The van der Waals surface area contributed by atoms with Crippen LogP contribution in [0, 0.1) is 13.8 Å². The number of carbonyl (C=O) groups is 1. The standard InChI is InChI=1S/C25H25ClN6O2/c1-14-7-15(2)9-16(8-14)11-28-23-25(34)32-20(22(26)31-23)3-4-21(32)24(33)29-13-18-10-17-12-27-6-5-19(17)30-18/h5-10,12,21,30H,3-4,11,13H2,1-2H3,(H,28,31)(H,29,33). The first-order valence-corrected chi connectivity index (χ1v) is 11.6. The third-order valence-electron chi connectivity index (χ3n) is 6.10. The summed E-state index contributed by atoms with van der Waals surface area (Å²) in [5.41, 5.74) is 5.43. The Hall–Kier alpha value is -3.65. The lowest BCUT2D eigenvalue weighted by Gasteiger charge is -2.16. The van der Waals surface area contributed by atoms with Gasteiger partial charge in [0.1, 0.15) is 6.04 Å². The Bertz CT molecular complexity index is 1400. The Balaban J connectivity index is 1.34. The van der Waals surface area contributed by atoms with Crippen molar-refractivity contribution in [2.24, 2.45) is 0 Å². The number of halogens is 1. The van der Waals surface area contributed by atoms with Gasteiger partial charge in [-0.05, 0) is 44.4 Å². The molecule has 0 saturated carbocycles. The summed E-state index contributed by atoms with van der Waals surface area (Å²) in [5.74, 6) is -0.0733. The van der Waals surface area contributed by atoms with Gasteiger partial charge < -0.3 is 15.6 Å². The van der Waals surface area contributed by atoms with E-state index in [-0.39, 0.29) is 22.4 Å². The molecule has 4 aromatic rings. The lowest BCUT2D eigenvalue weighted by Crippen LogP contribution is -2.36. The smallest absolute Gasteiger partial charge is 0.294 e. The molecular formula is C25H25ClN6O2. The maximum Gasteiger partial charge on any atom is 0.294 e. The van der Waals surface area contributed by atoms with Crippen molar-refractivity contribution in [1.82, 2.24) is 24.8 Å². The van der Waals surface area contributed by atoms with Crippen molar-refractivity contribution in [2.45, 2.75) is 45.8 Å². The van der Waals surface area contributed by atoms with Crippen LogP contribution in [-0.2, 0) is 24.3 Å². The Morgan fingerprint density at radius 2 is 2.00 bits per heavy atom. The molecule has 174 valence electrons. The van der Waals surface area contributed by atoms with Crippen LogP contribution < -0.4 is 16.2 Å². The van der Waals surface area contributed by atoms with Crippen molar-refractivity contribution < 1.29 is 4.79 Å². The van der Waals surface area contributed by atoms with Gasteiger partial charge in [0.2, 0.25) is 5.91 Å². The molecule has 1 unspecified atom stereocenters. The number of hydrogen-bond donors (Lipinski definition) is 3. The summed E-state index contributed by atoms with van der Waals surface area (Å²) in [5, 5.41) is 7.29. The zero-order valence-corrected chi connectivity index (χ0v) is 19.7. The number of carbonyl (C=O) groups excluding carboxylic acids is 1. The van der Waals surface area contributed by atoms with Crippen LogP contribution in [0.3, 0.4) is 0 Å². The number of H-pyrrole nitrogens is 1. The predicted octanol–water partition coefficient (Wildman–Crippen LogP) is 3.81. The highest BCUT2D eigenvalue weighted by molar-refractivity contribution is 6.30. The monoisotopic (exact) mass is 476 g/mol. The fraction of sp³-hybridized carbons (Fsp3) is 0.280. The lowest BCUT2D eigenvalue weighted by molar-refractivity contribution is -0.124. The summed E-state index contributed by atoms with van der Waals surface area (Å²) < 4.78 is 1.49. The summed E-state index contributed by atoms with van der Waals surface area (Å²) in [6.45, 7) is 4.83. The first-order chi connectivity index (χ1) is 16.4. The molecule has 0 bridgehead atoms. The van der Waals surface area contributed by atoms with Crippen LogP contribution in [-0.4, -0.2) is 25.4 Å². The molecule has 0 saturated heterocycles. The van der Waals surface area contributed by atoms with Crippen molar-refractivity contribution in [3.63, 3.8) is 0 Å². The first kappa shape index (κ1) is 22.2. The number of aromatic amines is 1. The topological polar surface area (TPSA) is 105 Å². The number of aromatic nitrogens is 4. The van der Waals surface area contributed by atoms with E-state index in [0.717, 1.165) is 33.3 Å². The van der Waals surface area contributed by atoms with E-state index < -0.39 is 6.04 Å². The van der Waals surface area contributed by atoms with Crippen LogP contribution in [0.1, 0.15) is 40.5 Å². The fourth-order valence-electron chi connectivity index (χ4n) is 4.65. The molecule has 8 nitrogen and oxygen atoms in total. The second kappa shape index (κ2) is 8.95. The zero-order valence-electron chi connectivity index (χ0n) is 19.0. The number of hydrogen-bond acceptors (Lipinski definition) is 5. The number of aryl methyl sites for hydroxylation is 2. The fourth-order valence-corrected chi connectivity index (χ4v) is 4.92. The minimum absolute atomic E-state index is 0.149. The maximum atomic E-state index is 13.3. The molecule has 4 heterocycles. The number of nitrogens with zero attached hydrogens (tertiary/aromatic N) is 3. The lowest BCUT2D eigenvalue weighted by atomic mass is 10.1. The van der Waals surface area contributed by atoms with Gasteiger partial charge in [0.15, 0.2) is 11.0 Å². The summed E-state index contributed by atoms with van der Waals surface area (Å²) in [7, 11) is 0. The van der Waals surface area contributed by atoms with Gasteiger partial charge >= 0.3 is 0 Å². The number of amides is 1. The highest BCUT2D eigenvalue weighted by Gasteiger charge is 2.32. The summed E-state index contributed by atoms with van der Waals surface area (Å²) in [6.07, 6.45) is 4.51. The largest absolute Gasteiger partial charge is 0.361 e. The van der Waals surface area contributed by atoms with Gasteiger partial charge in [-0.2, -0.15) is 0 Å². The summed E-state index contributed by atoms with van der Waals surface area (Å²) in [6, 6.07) is 9.42. The molecule has 1 aliphatic heterocycles. The van der Waals surface area contributed by atoms with Crippen molar-refractivity contribution in [3.05, 3.63) is 86.3 Å². The molecule has 0 radical (unpaired) electrons. The van der Waals surface area contributed by atoms with E-state index in [1.807, 2.05) is 26.0 Å². The molecule has 3 N–H and O–H groups in total. The van der Waals surface area contributed by atoms with E-state index in [0.29, 0.717) is 31.6 Å². The minimum Gasteiger partial charge on any atom is -0.361 e. The number of anilines is 1. The van der Waals surface area contributed by atoms with Crippen LogP contribution in [0.2, 0.25) is 5.15 Å². The van der Waals surface area contributed by atoms with Gasteiger partial charge in [0.05, 0.1) is 12.2 Å². The Kier molecular flexibility index (Phi) is 5.83. The highest BCUT2D eigenvalue weighted by atomic mass is 35.5. The van der Waals surface area contributed by atoms with E-state index in [9.17, 15) is 9.59 Å². The van der Waals surface area contributed by atoms with Crippen LogP contribution in [0.5, 0.6) is 0 Å². The van der Waals surface area contributed by atoms with Gasteiger partial charge in [0, 0.05) is 35.5 Å². The van der Waals surface area contributed by atoms with Gasteiger partial charge in [-0.15, -0.1) is 0 Å². The third kappa shape index (κ3) is 4.28. The first-order valence-electron chi connectivity index (χ1n) is 11.2. The molecule has 1 amide bonds. The van der Waals surface area contributed by atoms with E-state index in [1.165, 1.54) is 4.57 Å². The molecule has 5 rings (SSSR count). The average Bonchev–Trinajstić information content (AvgIpc) is 3.43. The van der Waals surface area contributed by atoms with E-state index in [1.54, 1.807) is 12.4 Å². The van der Waals surface area contributed by atoms with E-state index >= 15 is 0 Å². The molecule has 1 aliphatic rings. The zero-order chi connectivity index (χ0) is 23.8. The summed E-state index contributed by atoms with van der Waals surface area (Å²) in [4.78, 5) is 38.0. The van der Waals surface area contributed by atoms with Gasteiger partial charge in [-0.1, -0.05) is 40.9 Å². The molecule has 1 atom stereocenters. The minimum atomic E-state index is -0.629. The molecule has 3 aromatic heterocycles. The van der Waals surface area contributed by atoms with Gasteiger partial charge in [-0.3, -0.25) is 19.1 Å². The molecule has 0 fully saturated rings. The molecule has 34 heavy (non-hydrogen) atoms. The van der Waals surface area contributed by atoms with Crippen LogP contribution in [0.4, 0.5) is 5.82 Å². The molecule has 0 spiro atoms. The average molecular weight is 477 g/mol. The predicted molar refractivity (Wildman–Crippen MR) is 132 cm³/mol. The quantitative estimate of drug-likeness (QED) is 0.392. The third-order valence-corrected chi connectivity index (χ3v) is 6.40. The second-order valence-electron chi connectivity index (χ2n) is 8.75. The van der Waals surface area contributed by atoms with Crippen LogP contribution in [0.15, 0.2) is 47.5 Å². The van der Waals surface area contributed by atoms with Crippen molar-refractivity contribution >= 4 is 34.2 Å². The SMILES string of the molecule is Cc1cc(C)cc(CNc2nc(Cl)c3n(c2=O)C(C(=O)NCc2cc4cnccc4[nH]2)CC3)c1. The van der Waals surface area contributed by atoms with E-state index in [4.69, 9.17) is 11.6 Å². The number of rotatable bonds is 6. The number of nitrogens with one attached hydrogen (secondary N) is 3. The Labute approximate surface area is 201 Å². The van der Waals surface area contributed by atoms with Crippen molar-refractivity contribution in [2.75, 3.05) is 5.32 Å². The van der Waals surface area contributed by atoms with Crippen molar-refractivity contribution in [1.29, 1.82) is 0 Å². The molecule has 1 aromatic carbocycles. The van der Waals surface area contributed by atoms with Gasteiger partial charge in [0.25, 0.3) is 5.56 Å². The van der Waals surface area contributed by atoms with E-state index in [2.05, 4.69) is 43.8 Å².